The number of amides is 1. The molecule has 2 atom stereocenters. The van der Waals surface area contributed by atoms with E-state index in [0.717, 1.165) is 16.7 Å². The summed E-state index contributed by atoms with van der Waals surface area (Å²) >= 11 is 0. The average molecular weight is 311 g/mol. The zero-order valence-corrected chi connectivity index (χ0v) is 12.8. The number of benzene rings is 2. The predicted octanol–water partition coefficient (Wildman–Crippen LogP) is 3.00. The molecule has 0 spiro atoms. The maximum Gasteiger partial charge on any atom is 0.247 e. The summed E-state index contributed by atoms with van der Waals surface area (Å²) in [5, 5.41) is 13.1. The van der Waals surface area contributed by atoms with Gasteiger partial charge in [-0.15, -0.1) is 0 Å². The van der Waals surface area contributed by atoms with Gasteiger partial charge in [-0.05, 0) is 41.8 Å². The number of halogens is 1. The quantitative estimate of drug-likeness (QED) is 0.856. The zero-order chi connectivity index (χ0) is 16.4. The van der Waals surface area contributed by atoms with E-state index in [9.17, 15) is 14.3 Å². The van der Waals surface area contributed by atoms with E-state index in [-0.39, 0.29) is 11.7 Å². The number of nitrogens with one attached hydrogen (secondary N) is 1. The number of hydrogen-bond acceptors (Lipinski definition) is 2. The molecule has 0 bridgehead atoms. The van der Waals surface area contributed by atoms with Crippen molar-refractivity contribution in [3.8, 4) is 0 Å². The number of fused-ring (bicyclic) bond motifs is 1. The maximum atomic E-state index is 12.9. The fraction of sp³-hybridized carbons (Fsp3) is 0.211. The second-order valence-corrected chi connectivity index (χ2v) is 5.80. The van der Waals surface area contributed by atoms with Gasteiger partial charge in [0, 0.05) is 12.0 Å². The van der Waals surface area contributed by atoms with Crippen molar-refractivity contribution in [2.75, 3.05) is 0 Å². The lowest BCUT2D eigenvalue weighted by Crippen LogP contribution is -2.34. The second-order valence-electron chi connectivity index (χ2n) is 5.80. The van der Waals surface area contributed by atoms with Crippen LogP contribution >= 0.6 is 0 Å². The van der Waals surface area contributed by atoms with E-state index in [1.54, 1.807) is 25.1 Å². The smallest absolute Gasteiger partial charge is 0.247 e. The summed E-state index contributed by atoms with van der Waals surface area (Å²) in [5.74, 6) is -0.551. The van der Waals surface area contributed by atoms with Gasteiger partial charge in [-0.1, -0.05) is 36.4 Å². The summed E-state index contributed by atoms with van der Waals surface area (Å²) in [4.78, 5) is 12.4. The normalized spacial score (nSPS) is 20.2. The lowest BCUT2D eigenvalue weighted by atomic mass is 10.1. The van der Waals surface area contributed by atoms with Crippen molar-refractivity contribution < 1.29 is 14.3 Å². The van der Waals surface area contributed by atoms with Crippen molar-refractivity contribution in [2.24, 2.45) is 0 Å². The first-order valence-electron chi connectivity index (χ1n) is 7.55. The molecule has 1 aliphatic carbocycles. The van der Waals surface area contributed by atoms with E-state index in [0.29, 0.717) is 12.0 Å². The summed E-state index contributed by atoms with van der Waals surface area (Å²) in [6.45, 7) is 1.70. The molecule has 3 rings (SSSR count). The molecule has 0 fully saturated rings. The molecular weight excluding hydrogens is 293 g/mol. The van der Waals surface area contributed by atoms with Crippen molar-refractivity contribution in [3.05, 3.63) is 76.6 Å². The lowest BCUT2D eigenvalue weighted by Gasteiger charge is -2.18. The Morgan fingerprint density at radius 1 is 1.22 bits per heavy atom. The molecule has 2 aromatic rings. The van der Waals surface area contributed by atoms with Crippen LogP contribution in [-0.4, -0.2) is 17.1 Å². The molecule has 0 saturated carbocycles. The van der Waals surface area contributed by atoms with Gasteiger partial charge in [0.25, 0.3) is 0 Å². The van der Waals surface area contributed by atoms with Crippen LogP contribution in [-0.2, 0) is 11.2 Å². The van der Waals surface area contributed by atoms with Gasteiger partial charge in [0.2, 0.25) is 5.91 Å². The Balaban J connectivity index is 1.75. The number of carbonyl (C=O) groups excluding carboxylic acids is 1. The highest BCUT2D eigenvalue weighted by molar-refractivity contribution is 5.97. The highest BCUT2D eigenvalue weighted by atomic mass is 19.1. The van der Waals surface area contributed by atoms with Crippen molar-refractivity contribution in [1.29, 1.82) is 0 Å². The van der Waals surface area contributed by atoms with Crippen LogP contribution < -0.4 is 5.32 Å². The first-order valence-corrected chi connectivity index (χ1v) is 7.55. The molecular formula is C19H18FNO2. The SMILES string of the molecule is C/C(=C/c1ccc(F)cc1)C(=O)N[C@H]1c2ccccc2C[C@H]1O. The summed E-state index contributed by atoms with van der Waals surface area (Å²) in [6, 6.07) is 13.3. The van der Waals surface area contributed by atoms with Crippen LogP contribution in [0.2, 0.25) is 0 Å². The van der Waals surface area contributed by atoms with Gasteiger partial charge in [-0.3, -0.25) is 4.79 Å². The minimum absolute atomic E-state index is 0.241. The van der Waals surface area contributed by atoms with E-state index < -0.39 is 12.1 Å². The molecule has 2 aromatic carbocycles. The first-order chi connectivity index (χ1) is 11.0. The minimum atomic E-state index is -0.616. The van der Waals surface area contributed by atoms with Crippen LogP contribution in [0.25, 0.3) is 6.08 Å². The minimum Gasteiger partial charge on any atom is -0.390 e. The zero-order valence-electron chi connectivity index (χ0n) is 12.8. The van der Waals surface area contributed by atoms with E-state index in [1.807, 2.05) is 24.3 Å². The van der Waals surface area contributed by atoms with Crippen molar-refractivity contribution in [3.63, 3.8) is 0 Å². The van der Waals surface area contributed by atoms with Crippen LogP contribution in [0.1, 0.15) is 29.7 Å². The molecule has 3 nitrogen and oxygen atoms in total. The van der Waals surface area contributed by atoms with Gasteiger partial charge in [0.05, 0.1) is 12.1 Å². The van der Waals surface area contributed by atoms with Crippen LogP contribution in [0.5, 0.6) is 0 Å². The third-order valence-electron chi connectivity index (χ3n) is 4.10. The molecule has 1 aliphatic rings. The van der Waals surface area contributed by atoms with E-state index in [4.69, 9.17) is 0 Å². The standard InChI is InChI=1S/C19H18FNO2/c1-12(10-13-6-8-15(20)9-7-13)19(23)21-18-16-5-3-2-4-14(16)11-17(18)22/h2-10,17-18,22H,11H2,1H3,(H,21,23)/b12-10-/t17-,18+/m1/s1. The molecule has 1 amide bonds. The summed E-state index contributed by atoms with van der Waals surface area (Å²) in [5.41, 5.74) is 3.29. The van der Waals surface area contributed by atoms with Crippen molar-refractivity contribution in [2.45, 2.75) is 25.5 Å². The Hall–Kier alpha value is -2.46. The topological polar surface area (TPSA) is 49.3 Å². The summed E-state index contributed by atoms with van der Waals surface area (Å²) in [6.07, 6.45) is 1.62. The van der Waals surface area contributed by atoms with Crippen molar-refractivity contribution in [1.82, 2.24) is 5.32 Å². The Bertz CT molecular complexity index is 752. The molecule has 23 heavy (non-hydrogen) atoms. The van der Waals surface area contributed by atoms with Crippen LogP contribution in [0.3, 0.4) is 0 Å². The highest BCUT2D eigenvalue weighted by Crippen LogP contribution is 2.31. The monoisotopic (exact) mass is 311 g/mol. The molecule has 4 heteroatoms. The molecule has 0 saturated heterocycles. The maximum absolute atomic E-state index is 12.9. The van der Waals surface area contributed by atoms with Gasteiger partial charge in [0.15, 0.2) is 0 Å². The fourth-order valence-corrected chi connectivity index (χ4v) is 2.88. The Morgan fingerprint density at radius 3 is 2.65 bits per heavy atom. The lowest BCUT2D eigenvalue weighted by molar-refractivity contribution is -0.118. The van der Waals surface area contributed by atoms with E-state index in [1.165, 1.54) is 12.1 Å². The number of rotatable bonds is 3. The van der Waals surface area contributed by atoms with Gasteiger partial charge >= 0.3 is 0 Å². The number of aliphatic hydroxyl groups excluding tert-OH is 1. The Kier molecular flexibility index (Phi) is 4.26. The number of aliphatic hydroxyl groups is 1. The van der Waals surface area contributed by atoms with Gasteiger partial charge in [-0.2, -0.15) is 0 Å². The molecule has 0 unspecified atom stereocenters. The third kappa shape index (κ3) is 3.32. The first kappa shape index (κ1) is 15.4. The molecule has 0 aromatic heterocycles. The van der Waals surface area contributed by atoms with Crippen LogP contribution in [0, 0.1) is 5.82 Å². The van der Waals surface area contributed by atoms with Gasteiger partial charge < -0.3 is 10.4 Å². The molecule has 0 heterocycles. The van der Waals surface area contributed by atoms with E-state index >= 15 is 0 Å². The fourth-order valence-electron chi connectivity index (χ4n) is 2.88. The van der Waals surface area contributed by atoms with Gasteiger partial charge in [-0.25, -0.2) is 4.39 Å². The van der Waals surface area contributed by atoms with Gasteiger partial charge in [0.1, 0.15) is 5.82 Å². The number of carbonyl (C=O) groups is 1. The molecule has 118 valence electrons. The van der Waals surface area contributed by atoms with Crippen LogP contribution in [0.4, 0.5) is 4.39 Å². The van der Waals surface area contributed by atoms with Crippen molar-refractivity contribution >= 4 is 12.0 Å². The Labute approximate surface area is 134 Å². The van der Waals surface area contributed by atoms with E-state index in [2.05, 4.69) is 5.32 Å². The summed E-state index contributed by atoms with van der Waals surface area (Å²) in [7, 11) is 0. The third-order valence-corrected chi connectivity index (χ3v) is 4.10. The molecule has 0 aliphatic heterocycles. The molecule has 0 radical (unpaired) electrons. The average Bonchev–Trinajstić information content (AvgIpc) is 2.85. The number of hydrogen-bond donors (Lipinski definition) is 2. The highest BCUT2D eigenvalue weighted by Gasteiger charge is 2.31. The predicted molar refractivity (Wildman–Crippen MR) is 87.1 cm³/mol. The Morgan fingerprint density at radius 2 is 1.91 bits per heavy atom. The molecule has 2 N–H and O–H groups in total. The van der Waals surface area contributed by atoms with Crippen LogP contribution in [0.15, 0.2) is 54.1 Å². The summed E-state index contributed by atoms with van der Waals surface area (Å²) < 4.78 is 12.9. The second kappa shape index (κ2) is 6.34. The largest absolute Gasteiger partial charge is 0.390 e.